The second-order valence-electron chi connectivity index (χ2n) is 8.33. The first kappa shape index (κ1) is 23.8. The zero-order valence-corrected chi connectivity index (χ0v) is 18.1. The lowest BCUT2D eigenvalue weighted by Gasteiger charge is -2.32. The van der Waals surface area contributed by atoms with E-state index in [0.29, 0.717) is 32.2 Å². The van der Waals surface area contributed by atoms with Crippen molar-refractivity contribution < 1.29 is 19.1 Å². The molecular formula is C19H37N5O4. The Morgan fingerprint density at radius 1 is 1.25 bits per heavy atom. The number of carbonyl (C=O) groups excluding carboxylic acids is 2. The van der Waals surface area contributed by atoms with Gasteiger partial charge in [-0.25, -0.2) is 9.59 Å². The van der Waals surface area contributed by atoms with Crippen LogP contribution in [-0.4, -0.2) is 67.0 Å². The van der Waals surface area contributed by atoms with Crippen LogP contribution in [0.1, 0.15) is 54.4 Å². The first-order valence-electron chi connectivity index (χ1n) is 9.99. The molecule has 1 heterocycles. The van der Waals surface area contributed by atoms with Gasteiger partial charge in [0, 0.05) is 19.1 Å². The van der Waals surface area contributed by atoms with Gasteiger partial charge < -0.3 is 30.7 Å². The highest BCUT2D eigenvalue weighted by Gasteiger charge is 2.24. The Hall–Kier alpha value is -2.19. The topological polar surface area (TPSA) is 118 Å². The predicted octanol–water partition coefficient (Wildman–Crippen LogP) is 2.06. The number of likely N-dealkylation sites (tertiary alicyclic amines) is 1. The highest BCUT2D eigenvalue weighted by molar-refractivity contribution is 5.78. The van der Waals surface area contributed by atoms with Crippen LogP contribution in [0.5, 0.6) is 0 Å². The molecule has 2 amide bonds. The number of nitrogens with zero attached hydrogens (tertiary/aromatic N) is 2. The van der Waals surface area contributed by atoms with Crippen molar-refractivity contribution in [2.24, 2.45) is 16.6 Å². The van der Waals surface area contributed by atoms with Crippen LogP contribution in [0.3, 0.4) is 0 Å². The van der Waals surface area contributed by atoms with Crippen molar-refractivity contribution in [2.75, 3.05) is 26.2 Å². The molecule has 1 aliphatic rings. The Morgan fingerprint density at radius 3 is 2.36 bits per heavy atom. The number of alkyl carbamates (subject to hydrolysis) is 1. The largest absolute Gasteiger partial charge is 0.450 e. The average molecular weight is 400 g/mol. The number of carbonyl (C=O) groups is 2. The summed E-state index contributed by atoms with van der Waals surface area (Å²) in [6.07, 6.45) is 0.826. The van der Waals surface area contributed by atoms with Gasteiger partial charge in [-0.2, -0.15) is 0 Å². The molecule has 0 saturated carbocycles. The average Bonchev–Trinajstić information content (AvgIpc) is 2.57. The normalized spacial score (nSPS) is 17.2. The molecule has 1 unspecified atom stereocenters. The summed E-state index contributed by atoms with van der Waals surface area (Å²) in [5.41, 5.74) is 5.47. The Bertz CT molecular complexity index is 537. The van der Waals surface area contributed by atoms with E-state index in [1.807, 2.05) is 34.6 Å². The molecule has 0 aromatic rings. The van der Waals surface area contributed by atoms with E-state index in [-0.39, 0.29) is 24.1 Å². The van der Waals surface area contributed by atoms with E-state index in [1.54, 1.807) is 11.8 Å². The number of hydrogen-bond acceptors (Lipinski definition) is 5. The Balaban J connectivity index is 2.47. The van der Waals surface area contributed by atoms with E-state index in [9.17, 15) is 9.59 Å². The fourth-order valence-electron chi connectivity index (χ4n) is 2.75. The van der Waals surface area contributed by atoms with E-state index >= 15 is 0 Å². The van der Waals surface area contributed by atoms with Crippen molar-refractivity contribution in [3.05, 3.63) is 0 Å². The van der Waals surface area contributed by atoms with Crippen LogP contribution in [-0.2, 0) is 9.47 Å². The van der Waals surface area contributed by atoms with E-state index in [0.717, 1.165) is 12.8 Å². The lowest BCUT2D eigenvalue weighted by molar-refractivity contribution is 0.0492. The molecule has 0 spiro atoms. The molecule has 1 atom stereocenters. The molecule has 1 fully saturated rings. The van der Waals surface area contributed by atoms with Crippen molar-refractivity contribution >= 4 is 18.1 Å². The van der Waals surface area contributed by atoms with Gasteiger partial charge in [0.2, 0.25) is 0 Å². The summed E-state index contributed by atoms with van der Waals surface area (Å²) in [7, 11) is 0. The van der Waals surface area contributed by atoms with Gasteiger partial charge in [0.15, 0.2) is 5.96 Å². The lowest BCUT2D eigenvalue weighted by Crippen LogP contribution is -2.49. The second-order valence-corrected chi connectivity index (χ2v) is 8.33. The number of nitrogens with one attached hydrogen (secondary N) is 2. The summed E-state index contributed by atoms with van der Waals surface area (Å²) < 4.78 is 10.3. The molecule has 0 aliphatic carbocycles. The predicted molar refractivity (Wildman–Crippen MR) is 109 cm³/mol. The summed E-state index contributed by atoms with van der Waals surface area (Å²) >= 11 is 0. The molecule has 162 valence electrons. The Kier molecular flexibility index (Phi) is 9.34. The number of amides is 2. The molecule has 28 heavy (non-hydrogen) atoms. The van der Waals surface area contributed by atoms with E-state index in [4.69, 9.17) is 15.2 Å². The van der Waals surface area contributed by atoms with Crippen molar-refractivity contribution in [3.63, 3.8) is 0 Å². The molecule has 9 heteroatoms. The fraction of sp³-hybridized carbons (Fsp3) is 0.842. The molecule has 0 aromatic carbocycles. The first-order chi connectivity index (χ1) is 13.0. The molecule has 9 nitrogen and oxygen atoms in total. The quantitative estimate of drug-likeness (QED) is 0.465. The van der Waals surface area contributed by atoms with Gasteiger partial charge in [-0.15, -0.1) is 0 Å². The van der Waals surface area contributed by atoms with Gasteiger partial charge in [-0.3, -0.25) is 4.99 Å². The van der Waals surface area contributed by atoms with Gasteiger partial charge in [0.1, 0.15) is 5.60 Å². The molecule has 1 saturated heterocycles. The maximum absolute atomic E-state index is 12.0. The zero-order valence-electron chi connectivity index (χ0n) is 18.1. The van der Waals surface area contributed by atoms with E-state index in [1.165, 1.54) is 0 Å². The summed E-state index contributed by atoms with van der Waals surface area (Å²) in [6.45, 7) is 13.3. The van der Waals surface area contributed by atoms with Crippen molar-refractivity contribution in [2.45, 2.75) is 72.1 Å². The third kappa shape index (κ3) is 9.14. The highest BCUT2D eigenvalue weighted by Crippen LogP contribution is 2.12. The molecule has 0 radical (unpaired) electrons. The van der Waals surface area contributed by atoms with Gasteiger partial charge >= 0.3 is 12.2 Å². The zero-order chi connectivity index (χ0) is 21.3. The van der Waals surface area contributed by atoms with Crippen LogP contribution >= 0.6 is 0 Å². The minimum absolute atomic E-state index is 0.158. The number of ether oxygens (including phenoxy) is 2. The van der Waals surface area contributed by atoms with Crippen molar-refractivity contribution in [3.8, 4) is 0 Å². The number of nitrogens with two attached hydrogens (primary N) is 1. The number of piperidine rings is 1. The van der Waals surface area contributed by atoms with Crippen molar-refractivity contribution in [1.29, 1.82) is 0 Å². The summed E-state index contributed by atoms with van der Waals surface area (Å²) in [5.74, 6) is 0.517. The molecule has 4 N–H and O–H groups in total. The van der Waals surface area contributed by atoms with Crippen LogP contribution < -0.4 is 16.4 Å². The maximum atomic E-state index is 12.0. The SMILES string of the molecule is CCOC(=O)N1CCC(NC(N)=NCC(NC(=O)OC(C)(C)C)C(C)C)CC1. The standard InChI is InChI=1S/C19H37N5O4/c1-7-27-18(26)24-10-8-14(9-11-24)22-16(20)21-12-15(13(2)3)23-17(25)28-19(4,5)6/h13-15H,7-12H2,1-6H3,(H,23,25)(H3,20,21,22). The summed E-state index contributed by atoms with van der Waals surface area (Å²) in [6, 6.07) is -0.0217. The molecule has 1 rings (SSSR count). The Morgan fingerprint density at radius 2 is 1.86 bits per heavy atom. The molecule has 0 aromatic heterocycles. The van der Waals surface area contributed by atoms with E-state index < -0.39 is 11.7 Å². The third-order valence-corrected chi connectivity index (χ3v) is 4.34. The smallest absolute Gasteiger partial charge is 0.409 e. The first-order valence-corrected chi connectivity index (χ1v) is 9.99. The number of aliphatic imine (C=N–C) groups is 1. The summed E-state index contributed by atoms with van der Waals surface area (Å²) in [4.78, 5) is 29.8. The monoisotopic (exact) mass is 399 g/mol. The minimum Gasteiger partial charge on any atom is -0.450 e. The second kappa shape index (κ2) is 11.0. The van der Waals surface area contributed by atoms with Crippen LogP contribution in [0, 0.1) is 5.92 Å². The molecular weight excluding hydrogens is 362 g/mol. The third-order valence-electron chi connectivity index (χ3n) is 4.34. The van der Waals surface area contributed by atoms with Crippen LogP contribution in [0.15, 0.2) is 4.99 Å². The minimum atomic E-state index is -0.548. The maximum Gasteiger partial charge on any atom is 0.409 e. The van der Waals surface area contributed by atoms with Crippen molar-refractivity contribution in [1.82, 2.24) is 15.5 Å². The molecule has 0 bridgehead atoms. The summed E-state index contributed by atoms with van der Waals surface area (Å²) in [5, 5.41) is 6.05. The number of hydrogen-bond donors (Lipinski definition) is 3. The highest BCUT2D eigenvalue weighted by atomic mass is 16.6. The van der Waals surface area contributed by atoms with Crippen LogP contribution in [0.2, 0.25) is 0 Å². The van der Waals surface area contributed by atoms with Gasteiger partial charge in [-0.05, 0) is 46.5 Å². The van der Waals surface area contributed by atoms with Gasteiger partial charge in [0.05, 0.1) is 19.2 Å². The molecule has 1 aliphatic heterocycles. The number of guanidine groups is 1. The van der Waals surface area contributed by atoms with Gasteiger partial charge in [0.25, 0.3) is 0 Å². The van der Waals surface area contributed by atoms with Crippen LogP contribution in [0.25, 0.3) is 0 Å². The van der Waals surface area contributed by atoms with Gasteiger partial charge in [-0.1, -0.05) is 13.8 Å². The lowest BCUT2D eigenvalue weighted by atomic mass is 10.0. The number of rotatable bonds is 6. The van der Waals surface area contributed by atoms with E-state index in [2.05, 4.69) is 15.6 Å². The van der Waals surface area contributed by atoms with Crippen LogP contribution in [0.4, 0.5) is 9.59 Å². The fourth-order valence-corrected chi connectivity index (χ4v) is 2.75. The Labute approximate surface area is 168 Å².